The molecule has 1 fully saturated rings. The zero-order chi connectivity index (χ0) is 22.1. The molecule has 1 saturated heterocycles. The van der Waals surface area contributed by atoms with E-state index in [9.17, 15) is 14.0 Å². The molecule has 0 bridgehead atoms. The topological polar surface area (TPSA) is 62.2 Å². The number of morpholine rings is 1. The van der Waals surface area contributed by atoms with Gasteiger partial charge in [0.05, 0.1) is 25.7 Å². The van der Waals surface area contributed by atoms with E-state index in [0.717, 1.165) is 16.8 Å². The summed E-state index contributed by atoms with van der Waals surface area (Å²) in [6, 6.07) is 13.9. The van der Waals surface area contributed by atoms with Crippen LogP contribution in [0.15, 0.2) is 65.4 Å². The Bertz CT molecular complexity index is 1100. The van der Waals surface area contributed by atoms with Crippen molar-refractivity contribution in [3.63, 3.8) is 0 Å². The maximum absolute atomic E-state index is 13.5. The molecular weight excluding hydrogens is 409 g/mol. The highest BCUT2D eigenvalue weighted by atomic mass is 19.1. The van der Waals surface area contributed by atoms with Gasteiger partial charge in [0, 0.05) is 37.0 Å². The van der Waals surface area contributed by atoms with E-state index in [1.807, 2.05) is 29.2 Å². The Morgan fingerprint density at radius 1 is 1.09 bits per heavy atom. The van der Waals surface area contributed by atoms with Crippen molar-refractivity contribution >= 4 is 23.1 Å². The molecule has 7 heteroatoms. The molecule has 0 radical (unpaired) electrons. The number of halogens is 1. The SMILES string of the molecule is O=C1C=C(N2CCOCC2)N=C(CC(=O)N2c3ccccc3C[C@H]2c2ccc(F)cc2)C1. The number of fused-ring (bicyclic) bond motifs is 1. The molecule has 1 atom stereocenters. The first kappa shape index (κ1) is 20.6. The number of carbonyl (C=O) groups excluding carboxylic acids is 2. The van der Waals surface area contributed by atoms with Crippen molar-refractivity contribution < 1.29 is 18.7 Å². The molecule has 0 unspecified atom stereocenters. The molecule has 1 amide bonds. The standard InChI is InChI=1S/C25H24FN3O3/c26-19-7-5-17(6-8-19)23-13-18-3-1-2-4-22(18)29(23)25(31)15-20-14-21(30)16-24(27-20)28-9-11-32-12-10-28/h1-8,16,23H,9-15H2/t23-/m0/s1. The highest BCUT2D eigenvalue weighted by molar-refractivity contribution is 6.16. The fourth-order valence-electron chi connectivity index (χ4n) is 4.59. The molecule has 3 aliphatic heterocycles. The number of benzene rings is 2. The summed E-state index contributed by atoms with van der Waals surface area (Å²) in [6.07, 6.45) is 2.44. The normalized spacial score (nSPS) is 20.7. The van der Waals surface area contributed by atoms with Crippen LogP contribution in [0.5, 0.6) is 0 Å². The number of hydrogen-bond acceptors (Lipinski definition) is 5. The summed E-state index contributed by atoms with van der Waals surface area (Å²) in [5.74, 6) is 0.157. The Labute approximate surface area is 186 Å². The quantitative estimate of drug-likeness (QED) is 0.741. The first-order valence-electron chi connectivity index (χ1n) is 10.9. The number of ketones is 1. The Morgan fingerprint density at radius 3 is 2.62 bits per heavy atom. The minimum Gasteiger partial charge on any atom is -0.378 e. The molecule has 5 rings (SSSR count). The van der Waals surface area contributed by atoms with Gasteiger partial charge in [-0.05, 0) is 35.7 Å². The summed E-state index contributed by atoms with van der Waals surface area (Å²) in [5.41, 5.74) is 3.39. The third-order valence-electron chi connectivity index (χ3n) is 6.13. The Balaban J connectivity index is 1.41. The zero-order valence-electron chi connectivity index (χ0n) is 17.7. The largest absolute Gasteiger partial charge is 0.378 e. The van der Waals surface area contributed by atoms with E-state index in [1.54, 1.807) is 23.1 Å². The lowest BCUT2D eigenvalue weighted by molar-refractivity contribution is -0.117. The van der Waals surface area contributed by atoms with E-state index in [4.69, 9.17) is 4.74 Å². The number of nitrogens with zero attached hydrogens (tertiary/aromatic N) is 3. The number of aliphatic imine (C=N–C) groups is 1. The van der Waals surface area contributed by atoms with Gasteiger partial charge in [0.15, 0.2) is 5.78 Å². The monoisotopic (exact) mass is 433 g/mol. The van der Waals surface area contributed by atoms with Crippen LogP contribution in [0.25, 0.3) is 0 Å². The Morgan fingerprint density at radius 2 is 1.84 bits per heavy atom. The molecular formula is C25H24FN3O3. The molecule has 2 aromatic rings. The van der Waals surface area contributed by atoms with Crippen molar-refractivity contribution in [3.8, 4) is 0 Å². The van der Waals surface area contributed by atoms with Crippen LogP contribution in [0, 0.1) is 5.82 Å². The Hall–Kier alpha value is -3.32. The van der Waals surface area contributed by atoms with Crippen molar-refractivity contribution in [2.75, 3.05) is 31.2 Å². The van der Waals surface area contributed by atoms with E-state index < -0.39 is 0 Å². The van der Waals surface area contributed by atoms with Crippen LogP contribution in [-0.4, -0.2) is 48.6 Å². The molecule has 0 saturated carbocycles. The van der Waals surface area contributed by atoms with Gasteiger partial charge in [-0.2, -0.15) is 0 Å². The molecule has 0 aliphatic carbocycles. The molecule has 3 aliphatic rings. The van der Waals surface area contributed by atoms with Crippen LogP contribution < -0.4 is 4.90 Å². The second-order valence-electron chi connectivity index (χ2n) is 8.26. The molecule has 32 heavy (non-hydrogen) atoms. The number of anilines is 1. The van der Waals surface area contributed by atoms with E-state index in [2.05, 4.69) is 4.99 Å². The number of carbonyl (C=O) groups is 2. The van der Waals surface area contributed by atoms with Crippen molar-refractivity contribution in [3.05, 3.63) is 77.4 Å². The second kappa shape index (κ2) is 8.67. The predicted octanol–water partition coefficient (Wildman–Crippen LogP) is 3.43. The number of para-hydroxylation sites is 1. The highest BCUT2D eigenvalue weighted by Crippen LogP contribution is 2.40. The summed E-state index contributed by atoms with van der Waals surface area (Å²) in [5, 5.41) is 0. The lowest BCUT2D eigenvalue weighted by Crippen LogP contribution is -2.37. The molecule has 164 valence electrons. The Kier molecular flexibility index (Phi) is 5.57. The van der Waals surface area contributed by atoms with Gasteiger partial charge in [0.1, 0.15) is 11.6 Å². The predicted molar refractivity (Wildman–Crippen MR) is 119 cm³/mol. The second-order valence-corrected chi connectivity index (χ2v) is 8.26. The summed E-state index contributed by atoms with van der Waals surface area (Å²) in [4.78, 5) is 34.4. The lowest BCUT2D eigenvalue weighted by atomic mass is 10.0. The summed E-state index contributed by atoms with van der Waals surface area (Å²) >= 11 is 0. The third kappa shape index (κ3) is 4.08. The summed E-state index contributed by atoms with van der Waals surface area (Å²) < 4.78 is 18.9. The van der Waals surface area contributed by atoms with Crippen molar-refractivity contribution in [1.82, 2.24) is 4.90 Å². The van der Waals surface area contributed by atoms with Crippen LogP contribution in [0.4, 0.5) is 10.1 Å². The van der Waals surface area contributed by atoms with Crippen LogP contribution >= 0.6 is 0 Å². The number of amides is 1. The van der Waals surface area contributed by atoms with E-state index in [1.165, 1.54) is 12.1 Å². The first-order valence-corrected chi connectivity index (χ1v) is 10.9. The zero-order valence-corrected chi connectivity index (χ0v) is 17.7. The number of ether oxygens (including phenoxy) is 1. The van der Waals surface area contributed by atoms with Gasteiger partial charge in [-0.25, -0.2) is 9.38 Å². The van der Waals surface area contributed by atoms with Crippen molar-refractivity contribution in [2.45, 2.75) is 25.3 Å². The van der Waals surface area contributed by atoms with Gasteiger partial charge in [-0.3, -0.25) is 9.59 Å². The number of rotatable bonds is 4. The van der Waals surface area contributed by atoms with Crippen molar-refractivity contribution in [1.29, 1.82) is 0 Å². The van der Waals surface area contributed by atoms with Crippen LogP contribution in [0.2, 0.25) is 0 Å². The average Bonchev–Trinajstić information content (AvgIpc) is 3.19. The van der Waals surface area contributed by atoms with Crippen molar-refractivity contribution in [2.24, 2.45) is 4.99 Å². The molecule has 0 aromatic heterocycles. The minimum absolute atomic E-state index is 0.0406. The average molecular weight is 433 g/mol. The van der Waals surface area contributed by atoms with Gasteiger partial charge in [-0.1, -0.05) is 30.3 Å². The molecule has 3 heterocycles. The van der Waals surface area contributed by atoms with Gasteiger partial charge in [0.2, 0.25) is 5.91 Å². The number of allylic oxidation sites excluding steroid dienone is 1. The van der Waals surface area contributed by atoms with Gasteiger partial charge >= 0.3 is 0 Å². The fourth-order valence-corrected chi connectivity index (χ4v) is 4.59. The van der Waals surface area contributed by atoms with E-state index in [0.29, 0.717) is 44.3 Å². The van der Waals surface area contributed by atoms with Crippen LogP contribution in [-0.2, 0) is 20.7 Å². The maximum Gasteiger partial charge on any atom is 0.233 e. The minimum atomic E-state index is -0.306. The van der Waals surface area contributed by atoms with Crippen LogP contribution in [0.1, 0.15) is 30.0 Å². The number of hydrogen-bond donors (Lipinski definition) is 0. The van der Waals surface area contributed by atoms with Gasteiger partial charge < -0.3 is 14.5 Å². The molecule has 6 nitrogen and oxygen atoms in total. The van der Waals surface area contributed by atoms with E-state index >= 15 is 0 Å². The van der Waals surface area contributed by atoms with Crippen LogP contribution in [0.3, 0.4) is 0 Å². The first-order chi connectivity index (χ1) is 15.6. The fraction of sp³-hybridized carbons (Fsp3) is 0.320. The molecule has 0 N–H and O–H groups in total. The molecule has 2 aromatic carbocycles. The third-order valence-corrected chi connectivity index (χ3v) is 6.13. The summed E-state index contributed by atoms with van der Waals surface area (Å²) in [7, 11) is 0. The summed E-state index contributed by atoms with van der Waals surface area (Å²) in [6.45, 7) is 2.55. The van der Waals surface area contributed by atoms with E-state index in [-0.39, 0.29) is 36.4 Å². The van der Waals surface area contributed by atoms with Gasteiger partial charge in [-0.15, -0.1) is 0 Å². The lowest BCUT2D eigenvalue weighted by Gasteiger charge is -2.30. The smallest absolute Gasteiger partial charge is 0.233 e. The van der Waals surface area contributed by atoms with Gasteiger partial charge in [0.25, 0.3) is 0 Å². The molecule has 0 spiro atoms. The maximum atomic E-state index is 13.5. The highest BCUT2D eigenvalue weighted by Gasteiger charge is 2.35.